The number of furan rings is 1. The first-order chi connectivity index (χ1) is 9.10. The number of carbonyl (C=O) groups is 1. The Morgan fingerprint density at radius 1 is 1.26 bits per heavy atom. The molecule has 0 aliphatic rings. The third-order valence-corrected chi connectivity index (χ3v) is 2.63. The van der Waals surface area contributed by atoms with Crippen molar-refractivity contribution in [2.24, 2.45) is 0 Å². The van der Waals surface area contributed by atoms with E-state index in [2.05, 4.69) is 0 Å². The van der Waals surface area contributed by atoms with E-state index in [0.29, 0.717) is 10.8 Å². The Morgan fingerprint density at radius 2 is 1.95 bits per heavy atom. The van der Waals surface area contributed by atoms with Crippen molar-refractivity contribution in [3.8, 4) is 17.4 Å². The Kier molecular flexibility index (Phi) is 3.69. The van der Waals surface area contributed by atoms with Crippen LogP contribution in [0.1, 0.15) is 5.76 Å². The second-order valence-corrected chi connectivity index (χ2v) is 4.10. The molecule has 1 heterocycles. The summed E-state index contributed by atoms with van der Waals surface area (Å²) in [7, 11) is 0. The van der Waals surface area contributed by atoms with Crippen LogP contribution in [0.5, 0.6) is 0 Å². The lowest BCUT2D eigenvalue weighted by Gasteiger charge is -1.98. The highest BCUT2D eigenvalue weighted by atomic mass is 35.5. The van der Waals surface area contributed by atoms with E-state index < -0.39 is 11.5 Å². The van der Waals surface area contributed by atoms with E-state index in [4.69, 9.17) is 21.3 Å². The van der Waals surface area contributed by atoms with Gasteiger partial charge in [0.2, 0.25) is 0 Å². The third kappa shape index (κ3) is 3.03. The number of hydrogen-bond donors (Lipinski definition) is 0. The first-order valence-corrected chi connectivity index (χ1v) is 5.67. The number of halogens is 1. The number of nitriles is 1. The molecule has 0 saturated heterocycles. The van der Waals surface area contributed by atoms with Crippen molar-refractivity contribution >= 4 is 23.6 Å². The normalized spacial score (nSPS) is 11.1. The summed E-state index contributed by atoms with van der Waals surface area (Å²) >= 11 is 5.78. The van der Waals surface area contributed by atoms with Gasteiger partial charge in [-0.25, -0.2) is 0 Å². The van der Waals surface area contributed by atoms with Gasteiger partial charge in [0.15, 0.2) is 0 Å². The minimum Gasteiger partial charge on any atom is -0.544 e. The molecule has 0 radical (unpaired) electrons. The van der Waals surface area contributed by atoms with Crippen molar-refractivity contribution in [2.75, 3.05) is 0 Å². The minimum absolute atomic E-state index is 0.269. The van der Waals surface area contributed by atoms with Gasteiger partial charge in [-0.2, -0.15) is 5.26 Å². The fourth-order valence-corrected chi connectivity index (χ4v) is 1.60. The second-order valence-electron chi connectivity index (χ2n) is 3.67. The van der Waals surface area contributed by atoms with Crippen LogP contribution in [0.4, 0.5) is 0 Å². The lowest BCUT2D eigenvalue weighted by Crippen LogP contribution is -2.23. The summed E-state index contributed by atoms with van der Waals surface area (Å²) in [5.74, 6) is -0.712. The Hall–Kier alpha value is -2.51. The summed E-state index contributed by atoms with van der Waals surface area (Å²) in [5, 5.41) is 19.8. The smallest absolute Gasteiger partial charge is 0.134 e. The van der Waals surface area contributed by atoms with Crippen molar-refractivity contribution < 1.29 is 14.3 Å². The third-order valence-electron chi connectivity index (χ3n) is 2.38. The molecule has 2 rings (SSSR count). The molecule has 0 fully saturated rings. The molecule has 0 aliphatic heterocycles. The molecule has 94 valence electrons. The highest BCUT2D eigenvalue weighted by Crippen LogP contribution is 2.24. The number of benzene rings is 1. The lowest BCUT2D eigenvalue weighted by atomic mass is 10.2. The summed E-state index contributed by atoms with van der Waals surface area (Å²) in [5.41, 5.74) is 0.313. The maximum atomic E-state index is 10.6. The van der Waals surface area contributed by atoms with Gasteiger partial charge in [0, 0.05) is 16.7 Å². The fourth-order valence-electron chi connectivity index (χ4n) is 1.48. The van der Waals surface area contributed by atoms with E-state index in [1.165, 1.54) is 6.07 Å². The van der Waals surface area contributed by atoms with E-state index in [1.54, 1.807) is 36.4 Å². The van der Waals surface area contributed by atoms with Gasteiger partial charge in [-0.05, 0) is 36.4 Å². The maximum absolute atomic E-state index is 10.6. The molecule has 0 saturated carbocycles. The Bertz CT molecular complexity index is 677. The van der Waals surface area contributed by atoms with E-state index in [-0.39, 0.29) is 5.76 Å². The molecule has 2 aromatic rings. The van der Waals surface area contributed by atoms with Crippen LogP contribution in [0.3, 0.4) is 0 Å². The number of hydrogen-bond acceptors (Lipinski definition) is 4. The van der Waals surface area contributed by atoms with E-state index in [0.717, 1.165) is 11.6 Å². The van der Waals surface area contributed by atoms with Gasteiger partial charge < -0.3 is 14.3 Å². The van der Waals surface area contributed by atoms with E-state index in [9.17, 15) is 9.90 Å². The number of aliphatic carboxylic acids is 1. The summed E-state index contributed by atoms with van der Waals surface area (Å²) in [4.78, 5) is 10.6. The van der Waals surface area contributed by atoms with Gasteiger partial charge in [-0.3, -0.25) is 0 Å². The van der Waals surface area contributed by atoms with Gasteiger partial charge in [-0.15, -0.1) is 0 Å². The zero-order valence-electron chi connectivity index (χ0n) is 9.59. The van der Waals surface area contributed by atoms with Crippen LogP contribution in [0, 0.1) is 11.3 Å². The van der Waals surface area contributed by atoms with Crippen molar-refractivity contribution in [1.29, 1.82) is 5.26 Å². The van der Waals surface area contributed by atoms with Gasteiger partial charge in [0.05, 0.1) is 11.5 Å². The first kappa shape index (κ1) is 12.9. The zero-order chi connectivity index (χ0) is 13.8. The van der Waals surface area contributed by atoms with Crippen LogP contribution in [-0.2, 0) is 4.79 Å². The number of rotatable bonds is 3. The fraction of sp³-hybridized carbons (Fsp3) is 0. The molecule has 5 heteroatoms. The first-order valence-electron chi connectivity index (χ1n) is 5.29. The van der Waals surface area contributed by atoms with Crippen LogP contribution in [0.25, 0.3) is 17.4 Å². The average molecular weight is 273 g/mol. The second kappa shape index (κ2) is 5.42. The molecule has 0 aliphatic carbocycles. The summed E-state index contributed by atoms with van der Waals surface area (Å²) in [6, 6.07) is 11.8. The van der Waals surface area contributed by atoms with Crippen LogP contribution in [0.2, 0.25) is 5.02 Å². The predicted molar refractivity (Wildman–Crippen MR) is 67.8 cm³/mol. The minimum atomic E-state index is -1.54. The molecule has 4 nitrogen and oxygen atoms in total. The van der Waals surface area contributed by atoms with Crippen molar-refractivity contribution in [1.82, 2.24) is 0 Å². The van der Waals surface area contributed by atoms with E-state index >= 15 is 0 Å². The summed E-state index contributed by atoms with van der Waals surface area (Å²) in [6.07, 6.45) is 1.12. The molecule has 0 N–H and O–H groups in total. The van der Waals surface area contributed by atoms with Crippen molar-refractivity contribution in [2.45, 2.75) is 0 Å². The molecule has 0 bridgehead atoms. The number of carboxylic acids is 1. The number of carboxylic acid groups (broad SMARTS) is 1. The monoisotopic (exact) mass is 272 g/mol. The molecule has 0 unspecified atom stereocenters. The largest absolute Gasteiger partial charge is 0.544 e. The van der Waals surface area contributed by atoms with Crippen molar-refractivity contribution in [3.05, 3.63) is 52.8 Å². The Morgan fingerprint density at radius 3 is 2.53 bits per heavy atom. The Balaban J connectivity index is 2.32. The summed E-state index contributed by atoms with van der Waals surface area (Å²) < 4.78 is 5.43. The molecule has 0 spiro atoms. The number of nitrogens with zero attached hydrogens (tertiary/aromatic N) is 1. The van der Waals surface area contributed by atoms with Gasteiger partial charge in [0.1, 0.15) is 17.6 Å². The topological polar surface area (TPSA) is 77.1 Å². The van der Waals surface area contributed by atoms with E-state index in [1.807, 2.05) is 0 Å². The molecule has 1 aromatic carbocycles. The summed E-state index contributed by atoms with van der Waals surface area (Å²) in [6.45, 7) is 0. The molecular formula is C14H7ClNO3-. The lowest BCUT2D eigenvalue weighted by molar-refractivity contribution is -0.298. The quantitative estimate of drug-likeness (QED) is 0.634. The molecule has 1 aromatic heterocycles. The molecule has 0 atom stereocenters. The average Bonchev–Trinajstić information content (AvgIpc) is 2.85. The highest BCUT2D eigenvalue weighted by Gasteiger charge is 2.05. The number of carbonyl (C=O) groups excluding carboxylic acids is 1. The van der Waals surface area contributed by atoms with Crippen LogP contribution in [-0.4, -0.2) is 5.97 Å². The SMILES string of the molecule is N#C/C(=C\c1ccc(-c2ccc(Cl)cc2)o1)C(=O)[O-]. The van der Waals surface area contributed by atoms with Crippen LogP contribution in [0.15, 0.2) is 46.4 Å². The maximum Gasteiger partial charge on any atom is 0.134 e. The van der Waals surface area contributed by atoms with Crippen molar-refractivity contribution in [3.63, 3.8) is 0 Å². The molecule has 0 amide bonds. The molecule has 19 heavy (non-hydrogen) atoms. The van der Waals surface area contributed by atoms with Crippen LogP contribution < -0.4 is 5.11 Å². The molecular weight excluding hydrogens is 266 g/mol. The standard InChI is InChI=1S/C14H8ClNO3/c15-11-3-1-9(2-4-11)13-6-5-12(19-13)7-10(8-16)14(17)18/h1-7H,(H,17,18)/p-1/b10-7+. The van der Waals surface area contributed by atoms with Gasteiger partial charge in [0.25, 0.3) is 0 Å². The van der Waals surface area contributed by atoms with Gasteiger partial charge in [-0.1, -0.05) is 11.6 Å². The van der Waals surface area contributed by atoms with Gasteiger partial charge >= 0.3 is 0 Å². The zero-order valence-corrected chi connectivity index (χ0v) is 10.3. The highest BCUT2D eigenvalue weighted by molar-refractivity contribution is 6.30. The van der Waals surface area contributed by atoms with Crippen LogP contribution >= 0.6 is 11.6 Å². The Labute approximate surface area is 114 Å². The predicted octanol–water partition coefficient (Wildman–Crippen LogP) is 2.26.